The normalized spacial score (nSPS) is 10.6. The Morgan fingerprint density at radius 1 is 1.47 bits per heavy atom. The molecular formula is C10H11BrN4. The van der Waals surface area contributed by atoms with E-state index in [0.29, 0.717) is 6.54 Å². The lowest BCUT2D eigenvalue weighted by molar-refractivity contribution is 0.833. The lowest BCUT2D eigenvalue weighted by Gasteiger charge is -2.05. The molecule has 0 radical (unpaired) electrons. The number of aromatic nitrogens is 3. The highest BCUT2D eigenvalue weighted by Gasteiger charge is 2.03. The molecule has 2 heterocycles. The fourth-order valence-electron chi connectivity index (χ4n) is 1.35. The van der Waals surface area contributed by atoms with E-state index < -0.39 is 0 Å². The van der Waals surface area contributed by atoms with Crippen LogP contribution in [0.5, 0.6) is 0 Å². The van der Waals surface area contributed by atoms with Crippen LogP contribution in [0.25, 0.3) is 5.82 Å². The van der Waals surface area contributed by atoms with Crippen molar-refractivity contribution < 1.29 is 0 Å². The SMILES string of the molecule is Cc1nc(-n2cc(Br)cn2)ccc1CN. The van der Waals surface area contributed by atoms with Gasteiger partial charge in [0.05, 0.1) is 10.7 Å². The van der Waals surface area contributed by atoms with Gasteiger partial charge in [0.25, 0.3) is 0 Å². The van der Waals surface area contributed by atoms with Crippen molar-refractivity contribution >= 4 is 15.9 Å². The average molecular weight is 267 g/mol. The quantitative estimate of drug-likeness (QED) is 0.902. The van der Waals surface area contributed by atoms with Crippen LogP contribution in [-0.2, 0) is 6.54 Å². The zero-order valence-electron chi connectivity index (χ0n) is 8.31. The van der Waals surface area contributed by atoms with Gasteiger partial charge >= 0.3 is 0 Å². The van der Waals surface area contributed by atoms with Gasteiger partial charge in [-0.2, -0.15) is 5.10 Å². The standard InChI is InChI=1S/C10H11BrN4/c1-7-8(4-12)2-3-10(14-7)15-6-9(11)5-13-15/h2-3,5-6H,4,12H2,1H3. The summed E-state index contributed by atoms with van der Waals surface area (Å²) in [6.07, 6.45) is 3.59. The predicted octanol–water partition coefficient (Wildman–Crippen LogP) is 1.80. The first kappa shape index (κ1) is 10.3. The molecule has 0 saturated heterocycles. The molecule has 2 aromatic heterocycles. The van der Waals surface area contributed by atoms with Crippen molar-refractivity contribution in [1.29, 1.82) is 0 Å². The molecule has 0 aliphatic rings. The Morgan fingerprint density at radius 2 is 2.27 bits per heavy atom. The molecule has 0 aliphatic carbocycles. The van der Waals surface area contributed by atoms with Crippen LogP contribution in [0, 0.1) is 6.92 Å². The smallest absolute Gasteiger partial charge is 0.153 e. The summed E-state index contributed by atoms with van der Waals surface area (Å²) in [5.74, 6) is 0.801. The Labute approximate surface area is 96.3 Å². The Hall–Kier alpha value is -1.20. The van der Waals surface area contributed by atoms with Gasteiger partial charge in [0.2, 0.25) is 0 Å². The molecule has 0 unspecified atom stereocenters. The third-order valence-corrected chi connectivity index (χ3v) is 2.60. The summed E-state index contributed by atoms with van der Waals surface area (Å²) in [5, 5.41) is 4.16. The number of pyridine rings is 1. The highest BCUT2D eigenvalue weighted by atomic mass is 79.9. The number of aryl methyl sites for hydroxylation is 1. The molecule has 2 N–H and O–H groups in total. The molecular weight excluding hydrogens is 256 g/mol. The van der Waals surface area contributed by atoms with Crippen molar-refractivity contribution in [2.24, 2.45) is 5.73 Å². The first-order valence-electron chi connectivity index (χ1n) is 4.58. The molecule has 4 nitrogen and oxygen atoms in total. The number of hydrogen-bond donors (Lipinski definition) is 1. The minimum atomic E-state index is 0.516. The summed E-state index contributed by atoms with van der Waals surface area (Å²) >= 11 is 3.34. The number of hydrogen-bond acceptors (Lipinski definition) is 3. The highest BCUT2D eigenvalue weighted by molar-refractivity contribution is 9.10. The van der Waals surface area contributed by atoms with E-state index >= 15 is 0 Å². The summed E-state index contributed by atoms with van der Waals surface area (Å²) in [6.45, 7) is 2.46. The average Bonchev–Trinajstić information content (AvgIpc) is 2.65. The van der Waals surface area contributed by atoms with Gasteiger partial charge in [-0.1, -0.05) is 6.07 Å². The van der Waals surface area contributed by atoms with E-state index in [2.05, 4.69) is 26.0 Å². The van der Waals surface area contributed by atoms with E-state index in [1.54, 1.807) is 10.9 Å². The second kappa shape index (κ2) is 4.12. The fraction of sp³-hybridized carbons (Fsp3) is 0.200. The van der Waals surface area contributed by atoms with E-state index in [1.165, 1.54) is 0 Å². The minimum absolute atomic E-state index is 0.516. The van der Waals surface area contributed by atoms with Gasteiger partial charge in [-0.25, -0.2) is 9.67 Å². The number of halogens is 1. The second-order valence-corrected chi connectivity index (χ2v) is 4.14. The molecule has 0 bridgehead atoms. The van der Waals surface area contributed by atoms with Crippen molar-refractivity contribution in [3.63, 3.8) is 0 Å². The summed E-state index contributed by atoms with van der Waals surface area (Å²) < 4.78 is 2.65. The lowest BCUT2D eigenvalue weighted by Crippen LogP contribution is -2.04. The topological polar surface area (TPSA) is 56.7 Å². The molecule has 2 rings (SSSR count). The third-order valence-electron chi connectivity index (χ3n) is 2.19. The zero-order chi connectivity index (χ0) is 10.8. The van der Waals surface area contributed by atoms with Crippen LogP contribution < -0.4 is 5.73 Å². The van der Waals surface area contributed by atoms with E-state index in [1.807, 2.05) is 25.3 Å². The minimum Gasteiger partial charge on any atom is -0.326 e. The third kappa shape index (κ3) is 2.08. The summed E-state index contributed by atoms with van der Waals surface area (Å²) in [6, 6.07) is 3.89. The van der Waals surface area contributed by atoms with E-state index in [9.17, 15) is 0 Å². The van der Waals surface area contributed by atoms with Gasteiger partial charge in [-0.15, -0.1) is 0 Å². The first-order valence-corrected chi connectivity index (χ1v) is 5.37. The van der Waals surface area contributed by atoms with Crippen LogP contribution in [0.2, 0.25) is 0 Å². The van der Waals surface area contributed by atoms with Gasteiger partial charge in [-0.3, -0.25) is 0 Å². The van der Waals surface area contributed by atoms with Gasteiger partial charge in [-0.05, 0) is 34.5 Å². The molecule has 2 aromatic rings. The second-order valence-electron chi connectivity index (χ2n) is 3.22. The molecule has 0 spiro atoms. The Bertz CT molecular complexity index is 478. The Morgan fingerprint density at radius 3 is 2.80 bits per heavy atom. The van der Waals surface area contributed by atoms with Gasteiger partial charge in [0.1, 0.15) is 0 Å². The molecule has 0 atom stereocenters. The largest absolute Gasteiger partial charge is 0.326 e. The van der Waals surface area contributed by atoms with Crippen LogP contribution in [0.15, 0.2) is 29.0 Å². The van der Waals surface area contributed by atoms with Crippen LogP contribution >= 0.6 is 15.9 Å². The Kier molecular flexibility index (Phi) is 2.83. The van der Waals surface area contributed by atoms with Crippen molar-refractivity contribution in [3.05, 3.63) is 40.3 Å². The van der Waals surface area contributed by atoms with Crippen LogP contribution in [-0.4, -0.2) is 14.8 Å². The van der Waals surface area contributed by atoms with Crippen molar-refractivity contribution in [1.82, 2.24) is 14.8 Å². The van der Waals surface area contributed by atoms with E-state index in [0.717, 1.165) is 21.5 Å². The highest BCUT2D eigenvalue weighted by Crippen LogP contribution is 2.12. The first-order chi connectivity index (χ1) is 7.20. The van der Waals surface area contributed by atoms with Crippen molar-refractivity contribution in [3.8, 4) is 5.82 Å². The molecule has 78 valence electrons. The molecule has 15 heavy (non-hydrogen) atoms. The lowest BCUT2D eigenvalue weighted by atomic mass is 10.2. The predicted molar refractivity (Wildman–Crippen MR) is 61.7 cm³/mol. The van der Waals surface area contributed by atoms with E-state index in [-0.39, 0.29) is 0 Å². The van der Waals surface area contributed by atoms with Crippen LogP contribution in [0.3, 0.4) is 0 Å². The van der Waals surface area contributed by atoms with Gasteiger partial charge in [0, 0.05) is 18.4 Å². The summed E-state index contributed by atoms with van der Waals surface area (Å²) in [7, 11) is 0. The number of nitrogens with two attached hydrogens (primary N) is 1. The van der Waals surface area contributed by atoms with Crippen LogP contribution in [0.4, 0.5) is 0 Å². The maximum absolute atomic E-state index is 5.57. The Balaban J connectivity index is 2.42. The van der Waals surface area contributed by atoms with E-state index in [4.69, 9.17) is 5.73 Å². The van der Waals surface area contributed by atoms with Crippen LogP contribution in [0.1, 0.15) is 11.3 Å². The molecule has 0 aromatic carbocycles. The zero-order valence-corrected chi connectivity index (χ0v) is 9.90. The van der Waals surface area contributed by atoms with Crippen molar-refractivity contribution in [2.45, 2.75) is 13.5 Å². The maximum Gasteiger partial charge on any atom is 0.153 e. The molecule has 0 aliphatic heterocycles. The van der Waals surface area contributed by atoms with Gasteiger partial charge < -0.3 is 5.73 Å². The fourth-order valence-corrected chi connectivity index (χ4v) is 1.63. The molecule has 0 amide bonds. The molecule has 0 saturated carbocycles. The number of rotatable bonds is 2. The maximum atomic E-state index is 5.57. The summed E-state index contributed by atoms with van der Waals surface area (Å²) in [4.78, 5) is 4.43. The summed E-state index contributed by atoms with van der Waals surface area (Å²) in [5.41, 5.74) is 7.58. The van der Waals surface area contributed by atoms with Crippen molar-refractivity contribution in [2.75, 3.05) is 0 Å². The molecule has 5 heteroatoms. The monoisotopic (exact) mass is 266 g/mol. The molecule has 0 fully saturated rings. The number of nitrogens with zero attached hydrogens (tertiary/aromatic N) is 3. The van der Waals surface area contributed by atoms with Gasteiger partial charge in [0.15, 0.2) is 5.82 Å².